The van der Waals surface area contributed by atoms with Crippen LogP contribution in [0.25, 0.3) is 0 Å². The van der Waals surface area contributed by atoms with E-state index in [1.54, 1.807) is 0 Å². The lowest BCUT2D eigenvalue weighted by molar-refractivity contribution is 0.217. The summed E-state index contributed by atoms with van der Waals surface area (Å²) in [5, 5.41) is 3.48. The van der Waals surface area contributed by atoms with E-state index >= 15 is 0 Å². The normalized spacial score (nSPS) is 11.9. The van der Waals surface area contributed by atoms with Gasteiger partial charge in [-0.2, -0.15) is 0 Å². The molecule has 0 aromatic heterocycles. The Morgan fingerprint density at radius 2 is 1.41 bits per heavy atom. The zero-order chi connectivity index (χ0) is 15.6. The molecule has 0 radical (unpaired) electrons. The molecular formula is C19H25NO2. The van der Waals surface area contributed by atoms with Crippen LogP contribution in [0.4, 0.5) is 0 Å². The number of benzene rings is 2. The van der Waals surface area contributed by atoms with Crippen molar-refractivity contribution >= 4 is 0 Å². The summed E-state index contributed by atoms with van der Waals surface area (Å²) in [4.78, 5) is 0. The summed E-state index contributed by atoms with van der Waals surface area (Å²) in [7, 11) is 0. The second-order valence-corrected chi connectivity index (χ2v) is 5.10. The second-order valence-electron chi connectivity index (χ2n) is 5.10. The van der Waals surface area contributed by atoms with Gasteiger partial charge in [-0.1, -0.05) is 44.2 Å². The Morgan fingerprint density at radius 1 is 0.818 bits per heavy atom. The molecule has 22 heavy (non-hydrogen) atoms. The quantitative estimate of drug-likeness (QED) is 0.704. The lowest BCUT2D eigenvalue weighted by atomic mass is 10.0. The maximum atomic E-state index is 5.71. The van der Waals surface area contributed by atoms with Crippen LogP contribution in [0.5, 0.6) is 11.5 Å². The number of hydrogen-bond acceptors (Lipinski definition) is 3. The Labute approximate surface area is 133 Å². The van der Waals surface area contributed by atoms with Gasteiger partial charge in [0.1, 0.15) is 24.7 Å². The van der Waals surface area contributed by atoms with Crippen molar-refractivity contribution in [1.29, 1.82) is 0 Å². The number of ether oxygens (including phenoxy) is 2. The summed E-state index contributed by atoms with van der Waals surface area (Å²) >= 11 is 0. The van der Waals surface area contributed by atoms with Crippen molar-refractivity contribution in [2.24, 2.45) is 0 Å². The summed E-state index contributed by atoms with van der Waals surface area (Å²) in [5.41, 5.74) is 1.30. The first-order valence-corrected chi connectivity index (χ1v) is 7.97. The van der Waals surface area contributed by atoms with Crippen LogP contribution in [0.2, 0.25) is 0 Å². The number of rotatable bonds is 9. The molecule has 3 nitrogen and oxygen atoms in total. The van der Waals surface area contributed by atoms with Crippen molar-refractivity contribution in [2.45, 2.75) is 26.3 Å². The van der Waals surface area contributed by atoms with Gasteiger partial charge < -0.3 is 14.8 Å². The van der Waals surface area contributed by atoms with E-state index in [1.807, 2.05) is 42.5 Å². The van der Waals surface area contributed by atoms with Gasteiger partial charge in [-0.3, -0.25) is 0 Å². The first-order valence-electron chi connectivity index (χ1n) is 7.97. The topological polar surface area (TPSA) is 30.5 Å². The third-order valence-corrected chi connectivity index (χ3v) is 3.51. The lowest BCUT2D eigenvalue weighted by Crippen LogP contribution is -2.19. The molecule has 1 N–H and O–H groups in total. The summed E-state index contributed by atoms with van der Waals surface area (Å²) in [5.74, 6) is 1.75. The third kappa shape index (κ3) is 5.08. The lowest BCUT2D eigenvalue weighted by Gasteiger charge is -2.16. The summed E-state index contributed by atoms with van der Waals surface area (Å²) in [6.07, 6.45) is 1.08. The van der Waals surface area contributed by atoms with Crippen molar-refractivity contribution in [3.05, 3.63) is 60.2 Å². The second kappa shape index (κ2) is 9.11. The number of hydrogen-bond donors (Lipinski definition) is 1. The van der Waals surface area contributed by atoms with Gasteiger partial charge in [-0.05, 0) is 42.8 Å². The van der Waals surface area contributed by atoms with E-state index in [2.05, 4.69) is 31.3 Å². The standard InChI is InChI=1S/C19H25NO2/c1-3-19(20-4-2)16-10-12-18(13-11-16)22-15-14-21-17-8-6-5-7-9-17/h5-13,19-20H,3-4,14-15H2,1-2H3. The Hall–Kier alpha value is -2.00. The molecular weight excluding hydrogens is 274 g/mol. The van der Waals surface area contributed by atoms with Crippen LogP contribution < -0.4 is 14.8 Å². The van der Waals surface area contributed by atoms with Crippen molar-refractivity contribution in [3.63, 3.8) is 0 Å². The Balaban J connectivity index is 1.76. The van der Waals surface area contributed by atoms with Crippen LogP contribution in [-0.4, -0.2) is 19.8 Å². The molecule has 1 unspecified atom stereocenters. The van der Waals surface area contributed by atoms with Crippen molar-refractivity contribution in [3.8, 4) is 11.5 Å². The van der Waals surface area contributed by atoms with Crippen LogP contribution in [0, 0.1) is 0 Å². The minimum Gasteiger partial charge on any atom is -0.490 e. The monoisotopic (exact) mass is 299 g/mol. The SMILES string of the molecule is CCNC(CC)c1ccc(OCCOc2ccccc2)cc1. The Kier molecular flexibility index (Phi) is 6.78. The highest BCUT2D eigenvalue weighted by Gasteiger charge is 2.07. The zero-order valence-corrected chi connectivity index (χ0v) is 13.4. The predicted molar refractivity (Wildman–Crippen MR) is 90.6 cm³/mol. The summed E-state index contributed by atoms with van der Waals surface area (Å²) in [6, 6.07) is 18.5. The minimum atomic E-state index is 0.417. The third-order valence-electron chi connectivity index (χ3n) is 3.51. The van der Waals surface area contributed by atoms with E-state index in [9.17, 15) is 0 Å². The van der Waals surface area contributed by atoms with Gasteiger partial charge in [0.25, 0.3) is 0 Å². The van der Waals surface area contributed by atoms with Crippen LogP contribution in [0.3, 0.4) is 0 Å². The highest BCUT2D eigenvalue weighted by molar-refractivity contribution is 5.29. The fraction of sp³-hybridized carbons (Fsp3) is 0.368. The fourth-order valence-electron chi connectivity index (χ4n) is 2.38. The van der Waals surface area contributed by atoms with Gasteiger partial charge in [-0.25, -0.2) is 0 Å². The van der Waals surface area contributed by atoms with E-state index < -0.39 is 0 Å². The molecule has 0 bridgehead atoms. The fourth-order valence-corrected chi connectivity index (χ4v) is 2.38. The van der Waals surface area contributed by atoms with Gasteiger partial charge in [-0.15, -0.1) is 0 Å². The summed E-state index contributed by atoms with van der Waals surface area (Å²) < 4.78 is 11.3. The van der Waals surface area contributed by atoms with Gasteiger partial charge in [0, 0.05) is 6.04 Å². The predicted octanol–water partition coefficient (Wildman–Crippen LogP) is 4.21. The van der Waals surface area contributed by atoms with E-state index in [0.717, 1.165) is 24.5 Å². The highest BCUT2D eigenvalue weighted by Crippen LogP contribution is 2.20. The Morgan fingerprint density at radius 3 is 1.95 bits per heavy atom. The molecule has 0 amide bonds. The molecule has 0 fully saturated rings. The maximum absolute atomic E-state index is 5.71. The molecule has 0 heterocycles. The molecule has 0 aliphatic carbocycles. The molecule has 3 heteroatoms. The van der Waals surface area contributed by atoms with E-state index in [0.29, 0.717) is 19.3 Å². The molecule has 2 rings (SSSR count). The maximum Gasteiger partial charge on any atom is 0.122 e. The van der Waals surface area contributed by atoms with E-state index in [-0.39, 0.29) is 0 Å². The molecule has 0 aliphatic rings. The van der Waals surface area contributed by atoms with E-state index in [4.69, 9.17) is 9.47 Å². The average molecular weight is 299 g/mol. The molecule has 118 valence electrons. The first kappa shape index (κ1) is 16.4. The molecule has 0 aliphatic heterocycles. The smallest absolute Gasteiger partial charge is 0.122 e. The van der Waals surface area contributed by atoms with Crippen LogP contribution in [0.1, 0.15) is 31.9 Å². The van der Waals surface area contributed by atoms with Gasteiger partial charge in [0.2, 0.25) is 0 Å². The van der Waals surface area contributed by atoms with Crippen molar-refractivity contribution in [2.75, 3.05) is 19.8 Å². The van der Waals surface area contributed by atoms with Crippen LogP contribution in [0.15, 0.2) is 54.6 Å². The molecule has 1 atom stereocenters. The van der Waals surface area contributed by atoms with Crippen LogP contribution >= 0.6 is 0 Å². The average Bonchev–Trinajstić information content (AvgIpc) is 2.58. The van der Waals surface area contributed by atoms with Crippen LogP contribution in [-0.2, 0) is 0 Å². The largest absolute Gasteiger partial charge is 0.490 e. The van der Waals surface area contributed by atoms with Gasteiger partial charge in [0.05, 0.1) is 0 Å². The zero-order valence-electron chi connectivity index (χ0n) is 13.4. The van der Waals surface area contributed by atoms with Crippen molar-refractivity contribution < 1.29 is 9.47 Å². The van der Waals surface area contributed by atoms with Gasteiger partial charge in [0.15, 0.2) is 0 Å². The molecule has 2 aromatic rings. The minimum absolute atomic E-state index is 0.417. The number of nitrogens with one attached hydrogen (secondary N) is 1. The van der Waals surface area contributed by atoms with E-state index in [1.165, 1.54) is 5.56 Å². The number of para-hydroxylation sites is 1. The van der Waals surface area contributed by atoms with Crippen molar-refractivity contribution in [1.82, 2.24) is 5.32 Å². The molecule has 0 saturated carbocycles. The highest BCUT2D eigenvalue weighted by atomic mass is 16.5. The summed E-state index contributed by atoms with van der Waals surface area (Å²) in [6.45, 7) is 6.39. The molecule has 0 spiro atoms. The Bertz CT molecular complexity index is 525. The molecule has 2 aromatic carbocycles. The first-order chi connectivity index (χ1) is 10.8. The molecule has 0 saturated heterocycles. The van der Waals surface area contributed by atoms with Gasteiger partial charge >= 0.3 is 0 Å².